The number of esters is 1. The molecule has 0 radical (unpaired) electrons. The lowest BCUT2D eigenvalue weighted by Crippen LogP contribution is -2.42. The van der Waals surface area contributed by atoms with Gasteiger partial charge in [-0.1, -0.05) is 17.7 Å². The average Bonchev–Trinajstić information content (AvgIpc) is 3.38. The highest BCUT2D eigenvalue weighted by Crippen LogP contribution is 2.28. The maximum absolute atomic E-state index is 13.2. The van der Waals surface area contributed by atoms with Gasteiger partial charge < -0.3 is 15.4 Å². The Morgan fingerprint density at radius 3 is 2.47 bits per heavy atom. The number of ether oxygens (including phenoxy) is 1. The quantitative estimate of drug-likeness (QED) is 0.405. The number of hydrogen-bond donors (Lipinski definition) is 2. The first-order valence-corrected chi connectivity index (χ1v) is 14.0. The molecule has 1 aliphatic heterocycles. The average molecular weight is 548 g/mol. The zero-order valence-electron chi connectivity index (χ0n) is 19.6. The zero-order valence-corrected chi connectivity index (χ0v) is 22.0. The molecule has 190 valence electrons. The number of nitrogens with zero attached hydrogens (tertiary/aromatic N) is 1. The lowest BCUT2D eigenvalue weighted by Gasteiger charge is -2.31. The van der Waals surface area contributed by atoms with Crippen LogP contribution in [0.15, 0.2) is 64.9 Å². The van der Waals surface area contributed by atoms with Gasteiger partial charge in [-0.15, -0.1) is 11.3 Å². The van der Waals surface area contributed by atoms with Gasteiger partial charge in [0.2, 0.25) is 0 Å². The van der Waals surface area contributed by atoms with E-state index in [1.54, 1.807) is 54.6 Å². The molecule has 0 aliphatic carbocycles. The molecule has 1 amide bonds. The van der Waals surface area contributed by atoms with Crippen molar-refractivity contribution in [1.82, 2.24) is 9.62 Å². The van der Waals surface area contributed by atoms with Gasteiger partial charge >= 0.3 is 5.97 Å². The number of benzene rings is 2. The first-order valence-electron chi connectivity index (χ1n) is 11.3. The fourth-order valence-electron chi connectivity index (χ4n) is 3.92. The summed E-state index contributed by atoms with van der Waals surface area (Å²) in [6.07, 6.45) is 1.27. The first kappa shape index (κ1) is 26.2. The van der Waals surface area contributed by atoms with E-state index in [1.165, 1.54) is 11.4 Å². The number of halogens is 1. The minimum Gasteiger partial charge on any atom is -0.465 e. The largest absolute Gasteiger partial charge is 0.465 e. The summed E-state index contributed by atoms with van der Waals surface area (Å²) in [6.45, 7) is 1.01. The molecule has 2 aromatic carbocycles. The second-order valence-electron chi connectivity index (χ2n) is 8.31. The molecule has 1 saturated heterocycles. The molecule has 0 spiro atoms. The van der Waals surface area contributed by atoms with Crippen LogP contribution in [0.1, 0.15) is 38.4 Å². The van der Waals surface area contributed by atoms with Gasteiger partial charge in [-0.2, -0.15) is 4.31 Å². The van der Waals surface area contributed by atoms with Crippen LogP contribution >= 0.6 is 22.9 Å². The van der Waals surface area contributed by atoms with Crippen molar-refractivity contribution in [2.75, 3.05) is 25.5 Å². The Morgan fingerprint density at radius 2 is 1.78 bits per heavy atom. The number of carbonyl (C=O) groups is 2. The summed E-state index contributed by atoms with van der Waals surface area (Å²) >= 11 is 7.01. The molecule has 1 aromatic heterocycles. The van der Waals surface area contributed by atoms with Crippen molar-refractivity contribution >= 4 is 50.5 Å². The first-order chi connectivity index (χ1) is 17.3. The Hall–Kier alpha value is -2.92. The van der Waals surface area contributed by atoms with E-state index in [-0.39, 0.29) is 22.7 Å². The van der Waals surface area contributed by atoms with Crippen molar-refractivity contribution in [2.24, 2.45) is 0 Å². The smallest absolute Gasteiger partial charge is 0.337 e. The van der Waals surface area contributed by atoms with E-state index in [1.807, 2.05) is 6.07 Å². The summed E-state index contributed by atoms with van der Waals surface area (Å²) in [7, 11) is -2.28. The lowest BCUT2D eigenvalue weighted by molar-refractivity contribution is 0.0600. The molecule has 4 rings (SSSR count). The zero-order chi connectivity index (χ0) is 25.7. The molecule has 11 heteroatoms. The van der Waals surface area contributed by atoms with Crippen LogP contribution in [0.4, 0.5) is 5.69 Å². The van der Waals surface area contributed by atoms with Crippen LogP contribution in [-0.2, 0) is 21.3 Å². The number of rotatable bonds is 8. The summed E-state index contributed by atoms with van der Waals surface area (Å²) in [6, 6.07) is 17.0. The summed E-state index contributed by atoms with van der Waals surface area (Å²) in [5, 5.41) is 6.74. The number of sulfonamides is 1. The van der Waals surface area contributed by atoms with E-state index in [4.69, 9.17) is 16.3 Å². The topological polar surface area (TPSA) is 105 Å². The fraction of sp³-hybridized carbons (Fsp3) is 0.280. The molecule has 8 nitrogen and oxygen atoms in total. The summed E-state index contributed by atoms with van der Waals surface area (Å²) < 4.78 is 32.9. The van der Waals surface area contributed by atoms with Crippen LogP contribution in [-0.4, -0.2) is 50.8 Å². The Bertz CT molecular complexity index is 1330. The number of hydrogen-bond acceptors (Lipinski definition) is 7. The van der Waals surface area contributed by atoms with Crippen molar-refractivity contribution in [3.63, 3.8) is 0 Å². The van der Waals surface area contributed by atoms with Gasteiger partial charge in [0.25, 0.3) is 15.9 Å². The number of anilines is 1. The van der Waals surface area contributed by atoms with Gasteiger partial charge in [0.05, 0.1) is 19.2 Å². The number of nitrogens with one attached hydrogen (secondary N) is 2. The molecule has 2 N–H and O–H groups in total. The molecule has 3 aromatic rings. The van der Waals surface area contributed by atoms with Crippen molar-refractivity contribution in [1.29, 1.82) is 0 Å². The highest BCUT2D eigenvalue weighted by atomic mass is 35.5. The molecule has 0 atom stereocenters. The van der Waals surface area contributed by atoms with E-state index in [9.17, 15) is 18.0 Å². The van der Waals surface area contributed by atoms with E-state index in [0.717, 1.165) is 21.9 Å². The molecule has 1 fully saturated rings. The molecule has 2 heterocycles. The molecule has 0 saturated carbocycles. The maximum Gasteiger partial charge on any atom is 0.337 e. The van der Waals surface area contributed by atoms with E-state index in [2.05, 4.69) is 10.6 Å². The Kier molecular flexibility index (Phi) is 8.30. The van der Waals surface area contributed by atoms with E-state index in [0.29, 0.717) is 42.1 Å². The third-order valence-electron chi connectivity index (χ3n) is 5.87. The van der Waals surface area contributed by atoms with Gasteiger partial charge in [0.1, 0.15) is 4.21 Å². The Morgan fingerprint density at radius 1 is 1.06 bits per heavy atom. The van der Waals surface area contributed by atoms with Crippen LogP contribution < -0.4 is 10.6 Å². The molecule has 36 heavy (non-hydrogen) atoms. The lowest BCUT2D eigenvalue weighted by atomic mass is 10.1. The van der Waals surface area contributed by atoms with Crippen molar-refractivity contribution in [3.05, 3.63) is 81.7 Å². The second-order valence-corrected chi connectivity index (χ2v) is 12.1. The molecular formula is C25H26ClN3O5S2. The van der Waals surface area contributed by atoms with E-state index < -0.39 is 16.0 Å². The van der Waals surface area contributed by atoms with Crippen LogP contribution in [0.5, 0.6) is 0 Å². The van der Waals surface area contributed by atoms with Gasteiger partial charge in [-0.05, 0) is 67.4 Å². The summed E-state index contributed by atoms with van der Waals surface area (Å²) in [5.74, 6) is -0.657. The van der Waals surface area contributed by atoms with Gasteiger partial charge in [-0.3, -0.25) is 4.79 Å². The van der Waals surface area contributed by atoms with Crippen LogP contribution in [0.25, 0.3) is 0 Å². The van der Waals surface area contributed by atoms with Crippen molar-refractivity contribution in [3.8, 4) is 0 Å². The predicted octanol–water partition coefficient (Wildman–Crippen LogP) is 4.38. The number of piperidine rings is 1. The molecule has 1 aliphatic rings. The van der Waals surface area contributed by atoms with Crippen molar-refractivity contribution in [2.45, 2.75) is 29.6 Å². The number of carbonyl (C=O) groups excluding carboxylic acids is 2. The molecule has 0 bridgehead atoms. The minimum atomic E-state index is -3.62. The fourth-order valence-corrected chi connectivity index (χ4v) is 6.97. The number of methoxy groups -OCH3 is 1. The SMILES string of the molecule is COC(=O)c1cccc(NC2CCN(S(=O)(=O)c3ccc(CNC(=O)c4ccc(Cl)cc4)s3)CC2)c1. The second kappa shape index (κ2) is 11.4. The van der Waals surface area contributed by atoms with Gasteiger partial charge in [0, 0.05) is 40.3 Å². The van der Waals surface area contributed by atoms with Crippen LogP contribution in [0.2, 0.25) is 5.02 Å². The summed E-state index contributed by atoms with van der Waals surface area (Å²) in [4.78, 5) is 24.8. The number of amides is 1. The standard InChI is InChI=1S/C25H26ClN3O5S2/c1-34-25(31)18-3-2-4-21(15-18)28-20-11-13-29(14-12-20)36(32,33)23-10-9-22(35-23)16-27-24(30)17-5-7-19(26)8-6-17/h2-10,15,20,28H,11-14,16H2,1H3,(H,27,30). The highest BCUT2D eigenvalue weighted by molar-refractivity contribution is 7.91. The van der Waals surface area contributed by atoms with E-state index >= 15 is 0 Å². The third kappa shape index (κ3) is 6.25. The van der Waals surface area contributed by atoms with Gasteiger partial charge in [-0.25, -0.2) is 13.2 Å². The Balaban J connectivity index is 1.31. The monoisotopic (exact) mass is 547 g/mol. The van der Waals surface area contributed by atoms with Crippen molar-refractivity contribution < 1.29 is 22.7 Å². The molecule has 0 unspecified atom stereocenters. The Labute approximate surface area is 219 Å². The van der Waals surface area contributed by atoms with Gasteiger partial charge in [0.15, 0.2) is 0 Å². The maximum atomic E-state index is 13.2. The minimum absolute atomic E-state index is 0.0892. The molecular weight excluding hydrogens is 522 g/mol. The predicted molar refractivity (Wildman–Crippen MR) is 140 cm³/mol. The van der Waals surface area contributed by atoms with Crippen LogP contribution in [0.3, 0.4) is 0 Å². The normalized spacial score (nSPS) is 14.8. The highest BCUT2D eigenvalue weighted by Gasteiger charge is 2.30. The summed E-state index contributed by atoms with van der Waals surface area (Å²) in [5.41, 5.74) is 1.74. The third-order valence-corrected chi connectivity index (χ3v) is 9.57. The number of thiophene rings is 1. The van der Waals surface area contributed by atoms with Crippen LogP contribution in [0, 0.1) is 0 Å².